The maximum Gasteiger partial charge on any atom is 0.284 e. The first-order valence-electron chi connectivity index (χ1n) is 7.19. The summed E-state index contributed by atoms with van der Waals surface area (Å²) in [4.78, 5) is 18.0. The summed E-state index contributed by atoms with van der Waals surface area (Å²) in [7, 11) is 0. The fourth-order valence-electron chi connectivity index (χ4n) is 3.39. The first-order chi connectivity index (χ1) is 9.21. The van der Waals surface area contributed by atoms with Crippen LogP contribution in [-0.4, -0.2) is 40.0 Å². The van der Waals surface area contributed by atoms with Crippen LogP contribution in [0.1, 0.15) is 49.1 Å². The van der Waals surface area contributed by atoms with Crippen molar-refractivity contribution in [2.75, 3.05) is 19.6 Å². The minimum absolute atomic E-state index is 0.0225. The number of nitrogens with two attached hydrogens (primary N) is 1. The lowest BCUT2D eigenvalue weighted by atomic mass is 9.75. The van der Waals surface area contributed by atoms with Crippen LogP contribution in [0.2, 0.25) is 0 Å². The van der Waals surface area contributed by atoms with E-state index in [1.54, 1.807) is 6.20 Å². The average Bonchev–Trinajstić information content (AvgIpc) is 2.84. The second-order valence-electron chi connectivity index (χ2n) is 5.84. The van der Waals surface area contributed by atoms with Crippen LogP contribution in [0.25, 0.3) is 0 Å². The second kappa shape index (κ2) is 4.96. The summed E-state index contributed by atoms with van der Waals surface area (Å²) in [6.07, 6.45) is 11.9. The van der Waals surface area contributed by atoms with E-state index in [1.165, 1.54) is 38.8 Å². The van der Waals surface area contributed by atoms with Gasteiger partial charge in [0.05, 0.1) is 5.54 Å². The van der Waals surface area contributed by atoms with Crippen molar-refractivity contribution in [3.8, 4) is 0 Å². The van der Waals surface area contributed by atoms with Gasteiger partial charge < -0.3 is 15.2 Å². The molecular formula is C14H21N4O. The zero-order chi connectivity index (χ0) is 13.3. The lowest BCUT2D eigenvalue weighted by Crippen LogP contribution is -2.52. The number of nitrogens with zero attached hydrogens (tertiary/aromatic N) is 3. The number of likely N-dealkylation sites (tertiary alicyclic amines) is 1. The molecule has 5 nitrogen and oxygen atoms in total. The average molecular weight is 261 g/mol. The lowest BCUT2D eigenvalue weighted by Gasteiger charge is -2.47. The van der Waals surface area contributed by atoms with Gasteiger partial charge in [0, 0.05) is 12.7 Å². The summed E-state index contributed by atoms with van der Waals surface area (Å²) in [5.41, 5.74) is 5.43. The van der Waals surface area contributed by atoms with Gasteiger partial charge in [-0.3, -0.25) is 4.79 Å². The molecule has 1 saturated heterocycles. The number of primary amides is 1. The monoisotopic (exact) mass is 261 g/mol. The molecule has 1 aromatic heterocycles. The maximum atomic E-state index is 11.5. The number of aromatic nitrogens is 2. The topological polar surface area (TPSA) is 64.2 Å². The van der Waals surface area contributed by atoms with Gasteiger partial charge in [-0.2, -0.15) is 0 Å². The minimum Gasteiger partial charge on any atom is -0.363 e. The Hall–Kier alpha value is -1.36. The Bertz CT molecular complexity index is 458. The summed E-state index contributed by atoms with van der Waals surface area (Å²) >= 11 is 0. The van der Waals surface area contributed by atoms with Crippen LogP contribution >= 0.6 is 0 Å². The largest absolute Gasteiger partial charge is 0.363 e. The van der Waals surface area contributed by atoms with Gasteiger partial charge in [0.1, 0.15) is 6.20 Å². The Morgan fingerprint density at radius 1 is 1.32 bits per heavy atom. The molecule has 103 valence electrons. The Morgan fingerprint density at radius 2 is 2.05 bits per heavy atom. The first kappa shape index (κ1) is 12.7. The molecule has 0 unspecified atom stereocenters. The first-order valence-corrected chi connectivity index (χ1v) is 7.19. The van der Waals surface area contributed by atoms with Gasteiger partial charge in [-0.25, -0.2) is 4.98 Å². The zero-order valence-corrected chi connectivity index (χ0v) is 11.3. The lowest BCUT2D eigenvalue weighted by molar-refractivity contribution is 0.0615. The standard InChI is InChI=1S/C14H21N4O/c15-12(19)13-16-7-10-18(13)14(5-4-6-14)11-17-8-2-1-3-9-17/h10H,1-6,8-9,11H2,(H2,15,19). The van der Waals surface area contributed by atoms with Gasteiger partial charge in [0.2, 0.25) is 0 Å². The number of rotatable bonds is 4. The van der Waals surface area contributed by atoms with Gasteiger partial charge in [0.15, 0.2) is 5.82 Å². The molecule has 0 aromatic carbocycles. The van der Waals surface area contributed by atoms with Crippen molar-refractivity contribution < 1.29 is 4.79 Å². The van der Waals surface area contributed by atoms with Crippen molar-refractivity contribution in [3.63, 3.8) is 0 Å². The molecule has 2 N–H and O–H groups in total. The van der Waals surface area contributed by atoms with Crippen molar-refractivity contribution in [2.24, 2.45) is 5.73 Å². The van der Waals surface area contributed by atoms with Crippen LogP contribution < -0.4 is 5.73 Å². The van der Waals surface area contributed by atoms with Crippen molar-refractivity contribution in [3.05, 3.63) is 18.2 Å². The third-order valence-corrected chi connectivity index (χ3v) is 4.57. The molecule has 1 radical (unpaired) electrons. The van der Waals surface area contributed by atoms with E-state index in [0.717, 1.165) is 19.4 Å². The fraction of sp³-hybridized carbons (Fsp3) is 0.714. The van der Waals surface area contributed by atoms with Gasteiger partial charge in [0.25, 0.3) is 5.91 Å². The van der Waals surface area contributed by atoms with Crippen molar-refractivity contribution in [2.45, 2.75) is 44.1 Å². The van der Waals surface area contributed by atoms with E-state index in [9.17, 15) is 4.79 Å². The number of imidazole rings is 1. The number of amides is 1. The number of hydrogen-bond donors (Lipinski definition) is 1. The Morgan fingerprint density at radius 3 is 2.63 bits per heavy atom. The minimum atomic E-state index is -0.453. The van der Waals surface area contributed by atoms with Crippen LogP contribution in [0.3, 0.4) is 0 Å². The van der Waals surface area contributed by atoms with E-state index in [2.05, 4.69) is 16.1 Å². The Labute approximate surface area is 113 Å². The summed E-state index contributed by atoms with van der Waals surface area (Å²) in [6.45, 7) is 3.36. The molecule has 0 atom stereocenters. The summed E-state index contributed by atoms with van der Waals surface area (Å²) in [6, 6.07) is 0. The van der Waals surface area contributed by atoms with Crippen LogP contribution in [-0.2, 0) is 5.54 Å². The summed E-state index contributed by atoms with van der Waals surface area (Å²) in [5, 5.41) is 0. The van der Waals surface area contributed by atoms with Gasteiger partial charge in [-0.05, 0) is 45.2 Å². The third-order valence-electron chi connectivity index (χ3n) is 4.57. The highest BCUT2D eigenvalue weighted by atomic mass is 16.1. The van der Waals surface area contributed by atoms with Crippen LogP contribution in [0.5, 0.6) is 0 Å². The molecule has 1 amide bonds. The fourth-order valence-corrected chi connectivity index (χ4v) is 3.39. The van der Waals surface area contributed by atoms with E-state index in [0.29, 0.717) is 5.82 Å². The summed E-state index contributed by atoms with van der Waals surface area (Å²) in [5.74, 6) is -0.0946. The molecule has 0 spiro atoms. The number of hydrogen-bond acceptors (Lipinski definition) is 3. The molecule has 0 bridgehead atoms. The normalized spacial score (nSPS) is 22.9. The Kier molecular flexibility index (Phi) is 3.31. The predicted molar refractivity (Wildman–Crippen MR) is 71.7 cm³/mol. The molecule has 19 heavy (non-hydrogen) atoms. The number of carbonyl (C=O) groups excluding carboxylic acids is 1. The molecule has 5 heteroatoms. The van der Waals surface area contributed by atoms with E-state index >= 15 is 0 Å². The number of carbonyl (C=O) groups is 1. The zero-order valence-electron chi connectivity index (χ0n) is 11.3. The molecule has 1 aliphatic heterocycles. The van der Waals surface area contributed by atoms with E-state index in [4.69, 9.17) is 5.73 Å². The molecule has 2 fully saturated rings. The quantitative estimate of drug-likeness (QED) is 0.884. The van der Waals surface area contributed by atoms with Gasteiger partial charge >= 0.3 is 0 Å². The molecule has 1 aromatic rings. The molecule has 1 saturated carbocycles. The molecule has 2 heterocycles. The Balaban J connectivity index is 1.81. The molecular weight excluding hydrogens is 240 g/mol. The second-order valence-corrected chi connectivity index (χ2v) is 5.84. The highest BCUT2D eigenvalue weighted by Gasteiger charge is 2.42. The molecule has 2 aliphatic rings. The van der Waals surface area contributed by atoms with Gasteiger partial charge in [-0.15, -0.1) is 0 Å². The number of piperidine rings is 1. The van der Waals surface area contributed by atoms with Crippen LogP contribution in [0.4, 0.5) is 0 Å². The highest BCUT2D eigenvalue weighted by Crippen LogP contribution is 2.41. The third kappa shape index (κ3) is 2.27. The van der Waals surface area contributed by atoms with E-state index in [-0.39, 0.29) is 5.54 Å². The van der Waals surface area contributed by atoms with Crippen LogP contribution in [0.15, 0.2) is 6.20 Å². The van der Waals surface area contributed by atoms with Crippen molar-refractivity contribution in [1.29, 1.82) is 0 Å². The van der Waals surface area contributed by atoms with Gasteiger partial charge in [-0.1, -0.05) is 6.42 Å². The van der Waals surface area contributed by atoms with Crippen molar-refractivity contribution in [1.82, 2.24) is 14.5 Å². The van der Waals surface area contributed by atoms with Crippen LogP contribution in [0, 0.1) is 6.20 Å². The van der Waals surface area contributed by atoms with E-state index < -0.39 is 5.91 Å². The molecule has 3 rings (SSSR count). The van der Waals surface area contributed by atoms with E-state index in [1.807, 2.05) is 4.57 Å². The predicted octanol–water partition coefficient (Wildman–Crippen LogP) is 1.15. The molecule has 1 aliphatic carbocycles. The SMILES string of the molecule is NC(=O)c1n[c]cn1C1(CN2CCCCC2)CCC1. The highest BCUT2D eigenvalue weighted by molar-refractivity contribution is 5.89. The smallest absolute Gasteiger partial charge is 0.284 e. The maximum absolute atomic E-state index is 11.5. The summed E-state index contributed by atoms with van der Waals surface area (Å²) < 4.78 is 1.98. The van der Waals surface area contributed by atoms with Crippen molar-refractivity contribution >= 4 is 5.91 Å².